The van der Waals surface area contributed by atoms with Crippen molar-refractivity contribution in [3.8, 4) is 0 Å². The predicted molar refractivity (Wildman–Crippen MR) is 114 cm³/mol. The first-order valence-corrected chi connectivity index (χ1v) is 11.6. The molecule has 2 atom stereocenters. The molecule has 0 aromatic heterocycles. The Morgan fingerprint density at radius 3 is 2.44 bits per heavy atom. The van der Waals surface area contributed by atoms with Crippen molar-refractivity contribution in [2.24, 2.45) is 10.3 Å². The number of nitrogens with one attached hydrogen (secondary N) is 1. The molecule has 1 aliphatic heterocycles. The highest BCUT2D eigenvalue weighted by Gasteiger charge is 2.47. The number of amidine groups is 1. The molecule has 2 aliphatic rings. The van der Waals surface area contributed by atoms with Gasteiger partial charge in [0.25, 0.3) is 10.0 Å². The Bertz CT molecular complexity index is 1160. The fraction of sp³-hybridized carbons (Fsp3) is 0.364. The largest absolute Gasteiger partial charge is 0.416 e. The van der Waals surface area contributed by atoms with Gasteiger partial charge >= 0.3 is 6.18 Å². The summed E-state index contributed by atoms with van der Waals surface area (Å²) in [5, 5.41) is 2.66. The van der Waals surface area contributed by atoms with Crippen LogP contribution in [0.5, 0.6) is 0 Å². The molecule has 4 rings (SSSR count). The molecule has 32 heavy (non-hydrogen) atoms. The second kappa shape index (κ2) is 8.23. The van der Waals surface area contributed by atoms with Crippen molar-refractivity contribution >= 4 is 27.5 Å². The lowest BCUT2D eigenvalue weighted by Gasteiger charge is -2.12. The van der Waals surface area contributed by atoms with Crippen molar-refractivity contribution in [3.63, 3.8) is 0 Å². The smallest absolute Gasteiger partial charge is 0.362 e. The van der Waals surface area contributed by atoms with Crippen LogP contribution in [0.4, 0.5) is 18.9 Å². The molecule has 0 radical (unpaired) electrons. The third-order valence-electron chi connectivity index (χ3n) is 5.77. The van der Waals surface area contributed by atoms with E-state index < -0.39 is 39.5 Å². The fourth-order valence-corrected chi connectivity index (χ4v) is 5.05. The van der Waals surface area contributed by atoms with E-state index in [-0.39, 0.29) is 10.5 Å². The van der Waals surface area contributed by atoms with Gasteiger partial charge < -0.3 is 10.2 Å². The van der Waals surface area contributed by atoms with E-state index in [9.17, 15) is 26.4 Å². The van der Waals surface area contributed by atoms with Crippen LogP contribution in [0.2, 0.25) is 0 Å². The number of rotatable bonds is 5. The lowest BCUT2D eigenvalue weighted by molar-refractivity contribution is -0.138. The minimum absolute atomic E-state index is 0.00621. The Hall–Kier alpha value is -2.88. The normalized spacial score (nSPS) is 22.2. The quantitative estimate of drug-likeness (QED) is 0.716. The van der Waals surface area contributed by atoms with Crippen LogP contribution in [0, 0.1) is 5.92 Å². The average molecular weight is 465 g/mol. The van der Waals surface area contributed by atoms with Crippen molar-refractivity contribution in [1.82, 2.24) is 4.90 Å². The SMILES string of the molecule is CN1CCCC1=NS(=O)(=O)c1ccc(NC(=O)C2CC2c2ccccc2C(F)(F)F)cc1. The second-order valence-electron chi connectivity index (χ2n) is 8.06. The van der Waals surface area contributed by atoms with E-state index in [1.165, 1.54) is 42.5 Å². The van der Waals surface area contributed by atoms with Crippen molar-refractivity contribution in [3.05, 3.63) is 59.7 Å². The summed E-state index contributed by atoms with van der Waals surface area (Å²) in [5.41, 5.74) is -0.226. The van der Waals surface area contributed by atoms with Gasteiger partial charge in [0.2, 0.25) is 5.91 Å². The van der Waals surface area contributed by atoms with E-state index in [4.69, 9.17) is 0 Å². The van der Waals surface area contributed by atoms with E-state index >= 15 is 0 Å². The number of likely N-dealkylation sites (tertiary alicyclic amines) is 1. The summed E-state index contributed by atoms with van der Waals surface area (Å²) < 4.78 is 68.6. The Morgan fingerprint density at radius 1 is 1.12 bits per heavy atom. The molecule has 0 spiro atoms. The maximum Gasteiger partial charge on any atom is 0.416 e. The molecule has 6 nitrogen and oxygen atoms in total. The molecule has 1 saturated carbocycles. The summed E-state index contributed by atoms with van der Waals surface area (Å²) >= 11 is 0. The number of benzene rings is 2. The molecule has 2 fully saturated rings. The van der Waals surface area contributed by atoms with Crippen LogP contribution >= 0.6 is 0 Å². The number of carbonyl (C=O) groups is 1. The van der Waals surface area contributed by atoms with Gasteiger partial charge in [-0.3, -0.25) is 4.79 Å². The summed E-state index contributed by atoms with van der Waals surface area (Å²) in [7, 11) is -2.07. The molecule has 1 amide bonds. The summed E-state index contributed by atoms with van der Waals surface area (Å²) in [6, 6.07) is 10.9. The van der Waals surface area contributed by atoms with E-state index in [0.29, 0.717) is 24.4 Å². The molecule has 1 aliphatic carbocycles. The number of halogens is 3. The fourth-order valence-electron chi connectivity index (χ4n) is 3.95. The zero-order valence-electron chi connectivity index (χ0n) is 17.3. The van der Waals surface area contributed by atoms with Gasteiger partial charge in [-0.05, 0) is 54.7 Å². The van der Waals surface area contributed by atoms with Crippen molar-refractivity contribution in [2.75, 3.05) is 18.9 Å². The van der Waals surface area contributed by atoms with Gasteiger partial charge in [-0.15, -0.1) is 4.40 Å². The number of alkyl halides is 3. The molecular formula is C22H22F3N3O3S. The summed E-state index contributed by atoms with van der Waals surface area (Å²) in [6.07, 6.45) is -2.69. The van der Waals surface area contributed by atoms with Gasteiger partial charge in [-0.2, -0.15) is 21.6 Å². The summed E-state index contributed by atoms with van der Waals surface area (Å²) in [4.78, 5) is 14.3. The van der Waals surface area contributed by atoms with E-state index in [0.717, 1.165) is 19.0 Å². The first-order chi connectivity index (χ1) is 15.1. The molecule has 2 unspecified atom stereocenters. The zero-order valence-corrected chi connectivity index (χ0v) is 18.1. The van der Waals surface area contributed by atoms with Crippen molar-refractivity contribution in [1.29, 1.82) is 0 Å². The van der Waals surface area contributed by atoms with Gasteiger partial charge in [0.15, 0.2) is 0 Å². The Labute approximate surface area is 184 Å². The molecule has 1 heterocycles. The van der Waals surface area contributed by atoms with Gasteiger partial charge in [0.05, 0.1) is 10.5 Å². The van der Waals surface area contributed by atoms with Gasteiger partial charge in [-0.1, -0.05) is 18.2 Å². The molecule has 1 saturated heterocycles. The maximum absolute atomic E-state index is 13.2. The average Bonchev–Trinajstić information content (AvgIpc) is 3.45. The maximum atomic E-state index is 13.2. The Kier molecular flexibility index (Phi) is 5.74. The van der Waals surface area contributed by atoms with Crippen LogP contribution in [-0.2, 0) is 21.0 Å². The van der Waals surface area contributed by atoms with Crippen LogP contribution in [0.3, 0.4) is 0 Å². The van der Waals surface area contributed by atoms with Crippen LogP contribution in [0.25, 0.3) is 0 Å². The Morgan fingerprint density at radius 2 is 1.81 bits per heavy atom. The number of carbonyl (C=O) groups excluding carboxylic acids is 1. The molecule has 1 N–H and O–H groups in total. The summed E-state index contributed by atoms with van der Waals surface area (Å²) in [5.74, 6) is -0.936. The van der Waals surface area contributed by atoms with Crippen LogP contribution < -0.4 is 5.32 Å². The number of nitrogens with zero attached hydrogens (tertiary/aromatic N) is 2. The number of anilines is 1. The minimum Gasteiger partial charge on any atom is -0.362 e. The molecule has 170 valence electrons. The lowest BCUT2D eigenvalue weighted by Crippen LogP contribution is -2.20. The third-order valence-corrected chi connectivity index (χ3v) is 7.09. The topological polar surface area (TPSA) is 78.8 Å². The van der Waals surface area contributed by atoms with Gasteiger partial charge in [0, 0.05) is 31.6 Å². The number of hydrogen-bond acceptors (Lipinski definition) is 3. The van der Waals surface area contributed by atoms with Crippen molar-refractivity contribution in [2.45, 2.75) is 36.3 Å². The standard InChI is InChI=1S/C22H22F3N3O3S/c1-28-12-4-7-20(28)27-32(30,31)15-10-8-14(9-11-15)26-21(29)18-13-17(18)16-5-2-3-6-19(16)22(23,24)25/h2-3,5-6,8-11,17-18H,4,7,12-13H2,1H3,(H,26,29). The molecule has 2 aromatic rings. The first kappa shape index (κ1) is 22.3. The highest BCUT2D eigenvalue weighted by molar-refractivity contribution is 7.90. The number of sulfonamides is 1. The molecule has 10 heteroatoms. The van der Waals surface area contributed by atoms with Crippen LogP contribution in [0.1, 0.15) is 36.3 Å². The third kappa shape index (κ3) is 4.64. The lowest BCUT2D eigenvalue weighted by atomic mass is 10.0. The number of hydrogen-bond donors (Lipinski definition) is 1. The molecule has 2 aromatic carbocycles. The van der Waals surface area contributed by atoms with E-state index in [1.807, 2.05) is 0 Å². The van der Waals surface area contributed by atoms with E-state index in [1.54, 1.807) is 11.9 Å². The van der Waals surface area contributed by atoms with Gasteiger partial charge in [-0.25, -0.2) is 0 Å². The Balaban J connectivity index is 1.43. The molecular weight excluding hydrogens is 443 g/mol. The van der Waals surface area contributed by atoms with E-state index in [2.05, 4.69) is 9.71 Å². The highest BCUT2D eigenvalue weighted by atomic mass is 32.2. The van der Waals surface area contributed by atoms with Gasteiger partial charge in [0.1, 0.15) is 5.84 Å². The second-order valence-corrected chi connectivity index (χ2v) is 9.66. The summed E-state index contributed by atoms with van der Waals surface area (Å²) in [6.45, 7) is 0.759. The monoisotopic (exact) mass is 465 g/mol. The zero-order chi connectivity index (χ0) is 23.1. The first-order valence-electron chi connectivity index (χ1n) is 10.2. The van der Waals surface area contributed by atoms with Crippen LogP contribution in [-0.4, -0.2) is 38.7 Å². The minimum atomic E-state index is -4.47. The predicted octanol–water partition coefficient (Wildman–Crippen LogP) is 4.26. The number of amides is 1. The van der Waals surface area contributed by atoms with Crippen molar-refractivity contribution < 1.29 is 26.4 Å². The van der Waals surface area contributed by atoms with Crippen LogP contribution in [0.15, 0.2) is 57.8 Å². The molecule has 0 bridgehead atoms. The highest BCUT2D eigenvalue weighted by Crippen LogP contribution is 2.51.